The molecule has 0 aromatic carbocycles. The Morgan fingerprint density at radius 3 is 2.59 bits per heavy atom. The van der Waals surface area contributed by atoms with Gasteiger partial charge in [0.15, 0.2) is 0 Å². The second kappa shape index (κ2) is 5.36. The molecule has 1 amide bonds. The van der Waals surface area contributed by atoms with Gasteiger partial charge < -0.3 is 15.3 Å². The largest absolute Gasteiger partial charge is 0.388 e. The van der Waals surface area contributed by atoms with Gasteiger partial charge in [0.25, 0.3) is 0 Å². The molecular formula is C13H24N2O2. The van der Waals surface area contributed by atoms with Crippen molar-refractivity contribution >= 4 is 5.91 Å². The first-order valence-corrected chi connectivity index (χ1v) is 6.86. The van der Waals surface area contributed by atoms with E-state index in [1.54, 1.807) is 0 Å². The molecule has 2 N–H and O–H groups in total. The molecule has 2 rings (SSSR count). The fraction of sp³-hybridized carbons (Fsp3) is 0.923. The average molecular weight is 240 g/mol. The molecule has 98 valence electrons. The summed E-state index contributed by atoms with van der Waals surface area (Å²) >= 11 is 0. The van der Waals surface area contributed by atoms with Gasteiger partial charge in [0.05, 0.1) is 5.60 Å². The van der Waals surface area contributed by atoms with Gasteiger partial charge in [-0.25, -0.2) is 0 Å². The van der Waals surface area contributed by atoms with Crippen LogP contribution in [0.1, 0.15) is 39.0 Å². The van der Waals surface area contributed by atoms with Crippen LogP contribution in [0.25, 0.3) is 0 Å². The zero-order chi connectivity index (χ0) is 12.3. The minimum absolute atomic E-state index is 0.305. The van der Waals surface area contributed by atoms with E-state index in [1.807, 2.05) is 4.90 Å². The lowest BCUT2D eigenvalue weighted by molar-refractivity contribution is -0.136. The number of hydrogen-bond acceptors (Lipinski definition) is 3. The Hall–Kier alpha value is -0.610. The Bertz CT molecular complexity index is 269. The topological polar surface area (TPSA) is 52.6 Å². The first-order valence-electron chi connectivity index (χ1n) is 6.86. The smallest absolute Gasteiger partial charge is 0.225 e. The molecule has 1 saturated heterocycles. The van der Waals surface area contributed by atoms with Crippen molar-refractivity contribution in [2.24, 2.45) is 5.92 Å². The van der Waals surface area contributed by atoms with Crippen LogP contribution < -0.4 is 5.32 Å². The molecule has 17 heavy (non-hydrogen) atoms. The quantitative estimate of drug-likeness (QED) is 0.697. The Morgan fingerprint density at radius 1 is 1.41 bits per heavy atom. The number of carbonyl (C=O) groups excluding carboxylic acids is 1. The van der Waals surface area contributed by atoms with Crippen LogP contribution in [0.4, 0.5) is 0 Å². The van der Waals surface area contributed by atoms with Gasteiger partial charge in [0, 0.05) is 25.6 Å². The van der Waals surface area contributed by atoms with E-state index in [0.717, 1.165) is 38.9 Å². The number of likely N-dealkylation sites (tertiary alicyclic amines) is 1. The normalized spacial score (nSPS) is 23.8. The van der Waals surface area contributed by atoms with Gasteiger partial charge in [0.2, 0.25) is 5.91 Å². The van der Waals surface area contributed by atoms with Gasteiger partial charge >= 0.3 is 0 Å². The van der Waals surface area contributed by atoms with E-state index in [9.17, 15) is 9.90 Å². The highest BCUT2D eigenvalue weighted by Crippen LogP contribution is 2.33. The summed E-state index contributed by atoms with van der Waals surface area (Å²) in [5.74, 6) is 0.618. The number of rotatable bonds is 5. The van der Waals surface area contributed by atoms with Gasteiger partial charge in [-0.3, -0.25) is 4.79 Å². The van der Waals surface area contributed by atoms with Crippen molar-refractivity contribution in [3.05, 3.63) is 0 Å². The van der Waals surface area contributed by atoms with Crippen molar-refractivity contribution in [1.82, 2.24) is 10.2 Å². The third kappa shape index (κ3) is 3.42. The van der Waals surface area contributed by atoms with Crippen LogP contribution in [-0.4, -0.2) is 47.7 Å². The summed E-state index contributed by atoms with van der Waals surface area (Å²) in [4.78, 5) is 13.8. The highest BCUT2D eigenvalue weighted by atomic mass is 16.3. The van der Waals surface area contributed by atoms with Crippen molar-refractivity contribution < 1.29 is 9.90 Å². The summed E-state index contributed by atoms with van der Waals surface area (Å²) in [6, 6.07) is 0. The summed E-state index contributed by atoms with van der Waals surface area (Å²) in [5.41, 5.74) is -0.602. The highest BCUT2D eigenvalue weighted by molar-refractivity contribution is 5.81. The van der Waals surface area contributed by atoms with Crippen LogP contribution in [0, 0.1) is 5.92 Å². The molecule has 0 atom stereocenters. The molecule has 0 aromatic rings. The van der Waals surface area contributed by atoms with E-state index >= 15 is 0 Å². The fourth-order valence-corrected chi connectivity index (χ4v) is 2.41. The molecule has 4 heteroatoms. The van der Waals surface area contributed by atoms with E-state index in [2.05, 4.69) is 12.2 Å². The van der Waals surface area contributed by atoms with Gasteiger partial charge in [-0.2, -0.15) is 0 Å². The van der Waals surface area contributed by atoms with Crippen molar-refractivity contribution in [3.8, 4) is 0 Å². The molecule has 0 bridgehead atoms. The van der Waals surface area contributed by atoms with Crippen LogP contribution >= 0.6 is 0 Å². The highest BCUT2D eigenvalue weighted by Gasteiger charge is 2.38. The van der Waals surface area contributed by atoms with Crippen LogP contribution in [-0.2, 0) is 4.79 Å². The number of amides is 1. The summed E-state index contributed by atoms with van der Waals surface area (Å²) in [7, 11) is 0. The molecule has 1 heterocycles. The summed E-state index contributed by atoms with van der Waals surface area (Å²) in [5, 5.41) is 13.6. The third-order valence-electron chi connectivity index (χ3n) is 3.81. The standard InChI is InChI=1S/C13H24N2O2/c1-2-7-14-10-13(17)5-8-15(9-6-13)12(16)11-3-4-11/h11,14,17H,2-10H2,1H3. The van der Waals surface area contributed by atoms with Crippen LogP contribution in [0.3, 0.4) is 0 Å². The SMILES string of the molecule is CCCNCC1(O)CCN(C(=O)C2CC2)CC1. The summed E-state index contributed by atoms with van der Waals surface area (Å²) in [6.45, 7) is 5.17. The molecule has 0 radical (unpaired) electrons. The second-order valence-corrected chi connectivity index (χ2v) is 5.50. The lowest BCUT2D eigenvalue weighted by Crippen LogP contribution is -2.51. The number of nitrogens with zero attached hydrogens (tertiary/aromatic N) is 1. The van der Waals surface area contributed by atoms with E-state index in [-0.39, 0.29) is 0 Å². The molecule has 1 aliphatic carbocycles. The number of aliphatic hydroxyl groups is 1. The predicted octanol–water partition coefficient (Wildman–Crippen LogP) is 0.749. The lowest BCUT2D eigenvalue weighted by atomic mass is 9.91. The Kier molecular flexibility index (Phi) is 4.05. The molecule has 2 aliphatic rings. The predicted molar refractivity (Wildman–Crippen MR) is 66.6 cm³/mol. The number of nitrogens with one attached hydrogen (secondary N) is 1. The maximum atomic E-state index is 11.9. The van der Waals surface area contributed by atoms with Crippen LogP contribution in [0.2, 0.25) is 0 Å². The van der Waals surface area contributed by atoms with Crippen molar-refractivity contribution in [1.29, 1.82) is 0 Å². The number of hydrogen-bond donors (Lipinski definition) is 2. The van der Waals surface area contributed by atoms with Gasteiger partial charge in [0.1, 0.15) is 0 Å². The monoisotopic (exact) mass is 240 g/mol. The first-order chi connectivity index (χ1) is 8.14. The molecule has 0 unspecified atom stereocenters. The van der Waals surface area contributed by atoms with Crippen LogP contribution in [0.15, 0.2) is 0 Å². The van der Waals surface area contributed by atoms with Gasteiger partial charge in [-0.15, -0.1) is 0 Å². The second-order valence-electron chi connectivity index (χ2n) is 5.50. The Labute approximate surface area is 103 Å². The minimum atomic E-state index is -0.602. The number of carbonyl (C=O) groups is 1. The minimum Gasteiger partial charge on any atom is -0.388 e. The zero-order valence-electron chi connectivity index (χ0n) is 10.7. The molecule has 0 aromatic heterocycles. The Morgan fingerprint density at radius 2 is 2.06 bits per heavy atom. The van der Waals surface area contributed by atoms with Crippen LogP contribution in [0.5, 0.6) is 0 Å². The summed E-state index contributed by atoms with van der Waals surface area (Å²) in [6.07, 6.45) is 4.64. The molecule has 1 saturated carbocycles. The van der Waals surface area contributed by atoms with Crippen molar-refractivity contribution in [2.45, 2.75) is 44.6 Å². The number of piperidine rings is 1. The summed E-state index contributed by atoms with van der Waals surface area (Å²) < 4.78 is 0. The molecule has 1 aliphatic heterocycles. The maximum absolute atomic E-state index is 11.9. The van der Waals surface area contributed by atoms with E-state index in [0.29, 0.717) is 31.2 Å². The zero-order valence-corrected chi connectivity index (χ0v) is 10.7. The molecular weight excluding hydrogens is 216 g/mol. The van der Waals surface area contributed by atoms with Gasteiger partial charge in [-0.1, -0.05) is 6.92 Å². The average Bonchev–Trinajstić information content (AvgIpc) is 3.13. The third-order valence-corrected chi connectivity index (χ3v) is 3.81. The lowest BCUT2D eigenvalue weighted by Gasteiger charge is -2.38. The van der Waals surface area contributed by atoms with Crippen molar-refractivity contribution in [2.75, 3.05) is 26.2 Å². The first kappa shape index (κ1) is 12.8. The molecule has 2 fully saturated rings. The maximum Gasteiger partial charge on any atom is 0.225 e. The van der Waals surface area contributed by atoms with Gasteiger partial charge in [-0.05, 0) is 38.6 Å². The van der Waals surface area contributed by atoms with E-state index < -0.39 is 5.60 Å². The molecule has 0 spiro atoms. The van der Waals surface area contributed by atoms with E-state index in [1.165, 1.54) is 0 Å². The molecule has 4 nitrogen and oxygen atoms in total. The van der Waals surface area contributed by atoms with E-state index in [4.69, 9.17) is 0 Å². The Balaban J connectivity index is 1.74. The fourth-order valence-electron chi connectivity index (χ4n) is 2.41. The van der Waals surface area contributed by atoms with Crippen molar-refractivity contribution in [3.63, 3.8) is 0 Å².